The molecular weight excluding hydrogens is 431 g/mol. The summed E-state index contributed by atoms with van der Waals surface area (Å²) in [5.41, 5.74) is 3.04. The quantitative estimate of drug-likeness (QED) is 0.567. The van der Waals surface area contributed by atoms with Crippen LogP contribution in [0.3, 0.4) is 0 Å². The van der Waals surface area contributed by atoms with E-state index in [1.54, 1.807) is 0 Å². The van der Waals surface area contributed by atoms with Crippen molar-refractivity contribution in [2.75, 3.05) is 60.3 Å². The van der Waals surface area contributed by atoms with E-state index in [0.717, 1.165) is 70.7 Å². The van der Waals surface area contributed by atoms with E-state index in [4.69, 9.17) is 33.2 Å². The molecule has 0 amide bonds. The highest BCUT2D eigenvalue weighted by molar-refractivity contribution is 6.33. The molecule has 1 aromatic heterocycles. The van der Waals surface area contributed by atoms with Crippen LogP contribution in [0.5, 0.6) is 0 Å². The van der Waals surface area contributed by atoms with E-state index in [-0.39, 0.29) is 0 Å². The number of piperazine rings is 1. The lowest BCUT2D eigenvalue weighted by Crippen LogP contribution is -2.47. The van der Waals surface area contributed by atoms with Crippen molar-refractivity contribution in [3.05, 3.63) is 64.1 Å². The van der Waals surface area contributed by atoms with Gasteiger partial charge in [0.05, 0.1) is 10.7 Å². The molecule has 1 aliphatic rings. The van der Waals surface area contributed by atoms with E-state index < -0.39 is 0 Å². The van der Waals surface area contributed by atoms with Crippen molar-refractivity contribution >= 4 is 52.2 Å². The maximum absolute atomic E-state index is 6.38. The minimum atomic E-state index is 0.721. The molecule has 0 spiro atoms. The number of benzene rings is 2. The molecule has 0 saturated carbocycles. The molecule has 1 aliphatic heterocycles. The second-order valence-corrected chi connectivity index (χ2v) is 8.63. The van der Waals surface area contributed by atoms with Gasteiger partial charge in [-0.25, -0.2) is 0 Å². The second kappa shape index (κ2) is 9.20. The predicted molar refractivity (Wildman–Crippen MR) is 132 cm³/mol. The van der Waals surface area contributed by atoms with Gasteiger partial charge in [-0.1, -0.05) is 35.3 Å². The molecule has 3 aromatic rings. The van der Waals surface area contributed by atoms with Crippen LogP contribution in [0.2, 0.25) is 10.0 Å². The van der Waals surface area contributed by atoms with Crippen molar-refractivity contribution in [1.29, 1.82) is 0 Å². The first kappa shape index (κ1) is 21.5. The number of aryl methyl sites for hydroxylation is 1. The SMILES string of the molecule is Cc1cc(Nc2cc(N(C)C)nc(N3CCN(c4ccccc4Cl)CC3)n2)ccc1Cl. The van der Waals surface area contributed by atoms with Gasteiger partial charge in [0.25, 0.3) is 0 Å². The van der Waals surface area contributed by atoms with Crippen LogP contribution in [0.15, 0.2) is 48.5 Å². The van der Waals surface area contributed by atoms with Gasteiger partial charge in [0.2, 0.25) is 5.95 Å². The van der Waals surface area contributed by atoms with E-state index in [1.165, 1.54) is 0 Å². The monoisotopic (exact) mass is 456 g/mol. The van der Waals surface area contributed by atoms with Crippen LogP contribution >= 0.6 is 23.2 Å². The maximum Gasteiger partial charge on any atom is 0.229 e. The third-order valence-corrected chi connectivity index (χ3v) is 6.09. The standard InChI is InChI=1S/C23H26Cl2N6/c1-16-14-17(8-9-18(16)24)26-21-15-22(29(2)3)28-23(27-21)31-12-10-30(11-13-31)20-7-5-4-6-19(20)25/h4-9,14-15H,10-13H2,1-3H3,(H,26,27,28). The summed E-state index contributed by atoms with van der Waals surface area (Å²) in [5, 5.41) is 4.93. The summed E-state index contributed by atoms with van der Waals surface area (Å²) in [6.45, 7) is 5.35. The van der Waals surface area contributed by atoms with Crippen LogP contribution < -0.4 is 20.0 Å². The summed E-state index contributed by atoms with van der Waals surface area (Å²) in [4.78, 5) is 16.1. The van der Waals surface area contributed by atoms with Gasteiger partial charge >= 0.3 is 0 Å². The number of para-hydroxylation sites is 1. The van der Waals surface area contributed by atoms with E-state index in [1.807, 2.05) is 68.4 Å². The van der Waals surface area contributed by atoms with Gasteiger partial charge in [-0.15, -0.1) is 0 Å². The molecule has 8 heteroatoms. The van der Waals surface area contributed by atoms with Crippen molar-refractivity contribution in [3.8, 4) is 0 Å². The first-order valence-electron chi connectivity index (χ1n) is 10.2. The highest BCUT2D eigenvalue weighted by atomic mass is 35.5. The topological polar surface area (TPSA) is 47.5 Å². The Hall–Kier alpha value is -2.70. The number of anilines is 5. The van der Waals surface area contributed by atoms with Gasteiger partial charge in [-0.2, -0.15) is 9.97 Å². The zero-order valence-corrected chi connectivity index (χ0v) is 19.5. The highest BCUT2D eigenvalue weighted by Gasteiger charge is 2.22. The average Bonchev–Trinajstić information content (AvgIpc) is 2.76. The van der Waals surface area contributed by atoms with E-state index in [2.05, 4.69) is 21.2 Å². The molecule has 2 aromatic carbocycles. The number of rotatable bonds is 5. The molecule has 1 fully saturated rings. The fraction of sp³-hybridized carbons (Fsp3) is 0.304. The Morgan fingerprint density at radius 1 is 0.871 bits per heavy atom. The van der Waals surface area contributed by atoms with Gasteiger partial charge in [0, 0.05) is 57.1 Å². The fourth-order valence-corrected chi connectivity index (χ4v) is 3.96. The lowest BCUT2D eigenvalue weighted by molar-refractivity contribution is 0.640. The summed E-state index contributed by atoms with van der Waals surface area (Å²) >= 11 is 12.5. The zero-order chi connectivity index (χ0) is 22.0. The molecule has 0 unspecified atom stereocenters. The van der Waals surface area contributed by atoms with E-state index in [0.29, 0.717) is 0 Å². The molecular formula is C23H26Cl2N6. The summed E-state index contributed by atoms with van der Waals surface area (Å²) in [5.74, 6) is 2.33. The molecule has 2 heterocycles. The van der Waals surface area contributed by atoms with Crippen LogP contribution in [0.4, 0.5) is 29.0 Å². The first-order chi connectivity index (χ1) is 14.9. The smallest absolute Gasteiger partial charge is 0.229 e. The van der Waals surface area contributed by atoms with E-state index in [9.17, 15) is 0 Å². The van der Waals surface area contributed by atoms with Gasteiger partial charge in [-0.05, 0) is 42.8 Å². The van der Waals surface area contributed by atoms with Crippen LogP contribution in [-0.2, 0) is 0 Å². The number of halogens is 2. The number of hydrogen-bond donors (Lipinski definition) is 1. The molecule has 31 heavy (non-hydrogen) atoms. The Labute approximate surface area is 193 Å². The molecule has 4 rings (SSSR count). The number of nitrogens with zero attached hydrogens (tertiary/aromatic N) is 5. The lowest BCUT2D eigenvalue weighted by atomic mass is 10.2. The lowest BCUT2D eigenvalue weighted by Gasteiger charge is -2.36. The van der Waals surface area contributed by atoms with Crippen LogP contribution in [0, 0.1) is 6.92 Å². The van der Waals surface area contributed by atoms with E-state index >= 15 is 0 Å². The van der Waals surface area contributed by atoms with Crippen molar-refractivity contribution in [2.24, 2.45) is 0 Å². The number of nitrogens with one attached hydrogen (secondary N) is 1. The molecule has 162 valence electrons. The first-order valence-corrected chi connectivity index (χ1v) is 11.0. The number of aromatic nitrogens is 2. The van der Waals surface area contributed by atoms with Crippen molar-refractivity contribution in [3.63, 3.8) is 0 Å². The molecule has 1 N–H and O–H groups in total. The van der Waals surface area contributed by atoms with Crippen molar-refractivity contribution < 1.29 is 0 Å². The van der Waals surface area contributed by atoms with Gasteiger partial charge in [0.1, 0.15) is 11.6 Å². The predicted octanol–water partition coefficient (Wildman–Crippen LogP) is 5.23. The summed E-state index contributed by atoms with van der Waals surface area (Å²) in [6, 6.07) is 15.8. The maximum atomic E-state index is 6.38. The minimum absolute atomic E-state index is 0.721. The highest BCUT2D eigenvalue weighted by Crippen LogP contribution is 2.28. The van der Waals surface area contributed by atoms with Gasteiger partial charge in [-0.3, -0.25) is 0 Å². The normalized spacial score (nSPS) is 14.0. The summed E-state index contributed by atoms with van der Waals surface area (Å²) in [7, 11) is 3.97. The molecule has 6 nitrogen and oxygen atoms in total. The zero-order valence-electron chi connectivity index (χ0n) is 17.9. The Balaban J connectivity index is 1.54. The minimum Gasteiger partial charge on any atom is -0.367 e. The van der Waals surface area contributed by atoms with Gasteiger partial charge < -0.3 is 20.0 Å². The second-order valence-electron chi connectivity index (χ2n) is 7.82. The average molecular weight is 457 g/mol. The third-order valence-electron chi connectivity index (χ3n) is 5.35. The Kier molecular flexibility index (Phi) is 6.39. The fourth-order valence-electron chi connectivity index (χ4n) is 3.58. The van der Waals surface area contributed by atoms with Gasteiger partial charge in [0.15, 0.2) is 0 Å². The Morgan fingerprint density at radius 2 is 1.58 bits per heavy atom. The largest absolute Gasteiger partial charge is 0.367 e. The van der Waals surface area contributed by atoms with Crippen LogP contribution in [0.1, 0.15) is 5.56 Å². The van der Waals surface area contributed by atoms with Crippen LogP contribution in [0.25, 0.3) is 0 Å². The molecule has 0 atom stereocenters. The summed E-state index contributed by atoms with van der Waals surface area (Å²) in [6.07, 6.45) is 0. The van der Waals surface area contributed by atoms with Crippen LogP contribution in [-0.4, -0.2) is 50.2 Å². The summed E-state index contributed by atoms with van der Waals surface area (Å²) < 4.78 is 0. The Morgan fingerprint density at radius 3 is 2.26 bits per heavy atom. The Bertz CT molecular complexity index is 1060. The van der Waals surface area contributed by atoms with Crippen molar-refractivity contribution in [2.45, 2.75) is 6.92 Å². The third kappa shape index (κ3) is 4.97. The van der Waals surface area contributed by atoms with Crippen molar-refractivity contribution in [1.82, 2.24) is 9.97 Å². The molecule has 0 aliphatic carbocycles. The molecule has 0 radical (unpaired) electrons. The molecule has 0 bridgehead atoms. The molecule has 1 saturated heterocycles. The number of hydrogen-bond acceptors (Lipinski definition) is 6.